The maximum absolute atomic E-state index is 6.70. The van der Waals surface area contributed by atoms with Crippen LogP contribution in [-0.4, -0.2) is 14.5 Å². The van der Waals surface area contributed by atoms with Gasteiger partial charge in [0.1, 0.15) is 11.2 Å². The molecule has 242 valence electrons. The molecule has 0 unspecified atom stereocenters. The Kier molecular flexibility index (Phi) is 5.68. The van der Waals surface area contributed by atoms with Crippen molar-refractivity contribution in [2.75, 3.05) is 0 Å². The van der Waals surface area contributed by atoms with Gasteiger partial charge in [-0.05, 0) is 64.7 Å². The van der Waals surface area contributed by atoms with E-state index >= 15 is 0 Å². The summed E-state index contributed by atoms with van der Waals surface area (Å²) in [5, 5.41) is 8.36. The van der Waals surface area contributed by atoms with Gasteiger partial charge in [-0.25, -0.2) is 9.97 Å². The summed E-state index contributed by atoms with van der Waals surface area (Å²) in [6.07, 6.45) is 5.55. The highest BCUT2D eigenvalue weighted by Gasteiger charge is 2.23. The number of furan rings is 1. The number of allylic oxidation sites excluding steroid dienone is 1. The Hall–Kier alpha value is -6.56. The molecular weight excluding hydrogens is 655 g/mol. The van der Waals surface area contributed by atoms with Crippen molar-refractivity contribution in [2.45, 2.75) is 6.42 Å². The third-order valence-corrected chi connectivity index (χ3v) is 12.0. The maximum atomic E-state index is 6.70. The summed E-state index contributed by atoms with van der Waals surface area (Å²) in [5.41, 5.74) is 11.8. The van der Waals surface area contributed by atoms with Crippen molar-refractivity contribution in [3.8, 4) is 28.3 Å². The Morgan fingerprint density at radius 1 is 0.615 bits per heavy atom. The minimum Gasteiger partial charge on any atom is -0.456 e. The molecule has 52 heavy (non-hydrogen) atoms. The van der Waals surface area contributed by atoms with Crippen molar-refractivity contribution < 1.29 is 4.42 Å². The summed E-state index contributed by atoms with van der Waals surface area (Å²) in [6.45, 7) is 0. The summed E-state index contributed by atoms with van der Waals surface area (Å²) < 4.78 is 11.4. The molecule has 5 heteroatoms. The highest BCUT2D eigenvalue weighted by molar-refractivity contribution is 7.26. The van der Waals surface area contributed by atoms with Crippen LogP contribution in [0.3, 0.4) is 0 Å². The highest BCUT2D eigenvalue weighted by atomic mass is 32.1. The number of benzene rings is 7. The molecule has 11 aromatic rings. The van der Waals surface area contributed by atoms with Gasteiger partial charge in [0.15, 0.2) is 5.82 Å². The number of hydrogen-bond acceptors (Lipinski definition) is 4. The van der Waals surface area contributed by atoms with E-state index in [0.29, 0.717) is 5.82 Å². The van der Waals surface area contributed by atoms with Crippen LogP contribution in [0.2, 0.25) is 0 Å². The largest absolute Gasteiger partial charge is 0.456 e. The summed E-state index contributed by atoms with van der Waals surface area (Å²) in [7, 11) is 0. The fourth-order valence-electron chi connectivity index (χ4n) is 8.53. The van der Waals surface area contributed by atoms with E-state index in [4.69, 9.17) is 14.4 Å². The van der Waals surface area contributed by atoms with Crippen LogP contribution in [0.15, 0.2) is 150 Å². The molecule has 0 aliphatic heterocycles. The van der Waals surface area contributed by atoms with E-state index in [2.05, 4.69) is 150 Å². The second kappa shape index (κ2) is 10.5. The van der Waals surface area contributed by atoms with Gasteiger partial charge < -0.3 is 8.98 Å². The molecule has 4 aromatic heterocycles. The van der Waals surface area contributed by atoms with Crippen molar-refractivity contribution in [1.82, 2.24) is 14.5 Å². The minimum absolute atomic E-state index is 0.698. The van der Waals surface area contributed by atoms with Gasteiger partial charge in [-0.2, -0.15) is 0 Å². The predicted molar refractivity (Wildman–Crippen MR) is 218 cm³/mol. The second-order valence-corrected chi connectivity index (χ2v) is 14.7. The molecule has 0 spiro atoms. The van der Waals surface area contributed by atoms with Crippen molar-refractivity contribution >= 4 is 92.2 Å². The summed E-state index contributed by atoms with van der Waals surface area (Å²) in [5.74, 6) is 0.698. The lowest BCUT2D eigenvalue weighted by atomic mass is 9.99. The lowest BCUT2D eigenvalue weighted by Crippen LogP contribution is -1.95. The van der Waals surface area contributed by atoms with Gasteiger partial charge in [-0.15, -0.1) is 11.3 Å². The summed E-state index contributed by atoms with van der Waals surface area (Å²) >= 11 is 1.75. The third kappa shape index (κ3) is 3.86. The topological polar surface area (TPSA) is 43.9 Å². The normalized spacial score (nSPS) is 12.8. The van der Waals surface area contributed by atoms with E-state index < -0.39 is 0 Å². The van der Waals surface area contributed by atoms with Gasteiger partial charge in [0.2, 0.25) is 0 Å². The number of rotatable bonds is 3. The average Bonchev–Trinajstić information content (AvgIpc) is 3.98. The average molecular weight is 682 g/mol. The standard InChI is InChI=1S/C47H27N3OS/c1-2-11-29(12-3-1)44-46-45(34-15-6-7-19-40(34)52-46)49-47(48-44)35-17-9-18-38-41(35)33-23-22-30(26-39(33)51-38)50-36-24-20-27-10-4-5-14-31(27)42(36)43-32-16-8-13-28(32)21-25-37(43)50/h1-12,14-26H,13H2. The SMILES string of the molecule is C1=Cc2c(ccc3c2c2c4ccccc4ccc2n3-c2ccc3c(c2)oc2cccc(-c4nc(-c5ccccc5)c5sc6ccccc6c5n4)c23)C1. The smallest absolute Gasteiger partial charge is 0.161 e. The molecule has 0 saturated heterocycles. The van der Waals surface area contributed by atoms with E-state index in [1.54, 1.807) is 11.3 Å². The molecule has 7 aromatic carbocycles. The monoisotopic (exact) mass is 681 g/mol. The maximum Gasteiger partial charge on any atom is 0.161 e. The van der Waals surface area contributed by atoms with Gasteiger partial charge in [-0.3, -0.25) is 0 Å². The molecular formula is C47H27N3OS. The Bertz CT molecular complexity index is 3330. The predicted octanol–water partition coefficient (Wildman–Crippen LogP) is 12.9. The molecule has 0 atom stereocenters. The zero-order chi connectivity index (χ0) is 33.9. The molecule has 0 N–H and O–H groups in total. The number of aromatic nitrogens is 3. The molecule has 4 nitrogen and oxygen atoms in total. The van der Waals surface area contributed by atoms with Crippen molar-refractivity contribution in [1.29, 1.82) is 0 Å². The van der Waals surface area contributed by atoms with Crippen LogP contribution in [0.4, 0.5) is 0 Å². The van der Waals surface area contributed by atoms with Crippen LogP contribution in [0.5, 0.6) is 0 Å². The molecule has 0 saturated carbocycles. The molecule has 0 fully saturated rings. The van der Waals surface area contributed by atoms with Gasteiger partial charge in [-0.1, -0.05) is 109 Å². The number of fused-ring (bicyclic) bond motifs is 13. The number of hydrogen-bond donors (Lipinski definition) is 0. The van der Waals surface area contributed by atoms with E-state index in [0.717, 1.165) is 66.5 Å². The zero-order valence-electron chi connectivity index (χ0n) is 27.8. The lowest BCUT2D eigenvalue weighted by Gasteiger charge is -2.09. The first-order valence-corrected chi connectivity index (χ1v) is 18.5. The first kappa shape index (κ1) is 28.2. The lowest BCUT2D eigenvalue weighted by molar-refractivity contribution is 0.668. The van der Waals surface area contributed by atoms with Gasteiger partial charge in [0.05, 0.1) is 26.9 Å². The molecule has 1 aliphatic carbocycles. The molecule has 4 heterocycles. The van der Waals surface area contributed by atoms with Crippen LogP contribution in [0, 0.1) is 0 Å². The molecule has 12 rings (SSSR count). The van der Waals surface area contributed by atoms with Gasteiger partial charge >= 0.3 is 0 Å². The van der Waals surface area contributed by atoms with E-state index in [1.807, 2.05) is 6.07 Å². The van der Waals surface area contributed by atoms with E-state index in [-0.39, 0.29) is 0 Å². The van der Waals surface area contributed by atoms with Crippen molar-refractivity contribution in [3.63, 3.8) is 0 Å². The van der Waals surface area contributed by atoms with Crippen LogP contribution in [0.1, 0.15) is 11.1 Å². The Morgan fingerprint density at radius 2 is 1.44 bits per heavy atom. The second-order valence-electron chi connectivity index (χ2n) is 13.7. The first-order valence-electron chi connectivity index (χ1n) is 17.6. The van der Waals surface area contributed by atoms with Crippen LogP contribution >= 0.6 is 11.3 Å². The van der Waals surface area contributed by atoms with Crippen molar-refractivity contribution in [3.05, 3.63) is 157 Å². The first-order chi connectivity index (χ1) is 25.8. The summed E-state index contributed by atoms with van der Waals surface area (Å²) in [6, 6.07) is 49.7. The molecule has 0 amide bonds. The van der Waals surface area contributed by atoms with Crippen LogP contribution < -0.4 is 0 Å². The minimum atomic E-state index is 0.698. The molecule has 0 radical (unpaired) electrons. The number of nitrogens with zero attached hydrogens (tertiary/aromatic N) is 3. The van der Waals surface area contributed by atoms with Crippen LogP contribution in [-0.2, 0) is 6.42 Å². The molecule has 1 aliphatic rings. The highest BCUT2D eigenvalue weighted by Crippen LogP contribution is 2.44. The third-order valence-electron chi connectivity index (χ3n) is 10.8. The number of thiophene rings is 1. The Balaban J connectivity index is 1.11. The van der Waals surface area contributed by atoms with E-state index in [1.165, 1.54) is 48.4 Å². The zero-order valence-corrected chi connectivity index (χ0v) is 28.6. The molecule has 0 bridgehead atoms. The van der Waals surface area contributed by atoms with Crippen LogP contribution in [0.25, 0.3) is 109 Å². The van der Waals surface area contributed by atoms with Gasteiger partial charge in [0.25, 0.3) is 0 Å². The fourth-order valence-corrected chi connectivity index (χ4v) is 9.69. The van der Waals surface area contributed by atoms with Gasteiger partial charge in [0, 0.05) is 54.5 Å². The fraction of sp³-hybridized carbons (Fsp3) is 0.0213. The summed E-state index contributed by atoms with van der Waals surface area (Å²) in [4.78, 5) is 10.6. The van der Waals surface area contributed by atoms with E-state index in [9.17, 15) is 0 Å². The quantitative estimate of drug-likeness (QED) is 0.186. The Labute approximate surface area is 301 Å². The Morgan fingerprint density at radius 3 is 2.38 bits per heavy atom. The van der Waals surface area contributed by atoms with Crippen molar-refractivity contribution in [2.24, 2.45) is 0 Å².